The lowest BCUT2D eigenvalue weighted by atomic mass is 9.86. The van der Waals surface area contributed by atoms with Gasteiger partial charge in [0.05, 0.1) is 17.2 Å². The number of aryl methyl sites for hydroxylation is 2. The largest absolute Gasteiger partial charge is 0.373 e. The number of nitriles is 1. The number of nitrogens with zero attached hydrogens (tertiary/aromatic N) is 5. The number of amides is 1. The highest BCUT2D eigenvalue weighted by Gasteiger charge is 2.20. The second-order valence-corrected chi connectivity index (χ2v) is 9.02. The van der Waals surface area contributed by atoms with Crippen molar-refractivity contribution < 1.29 is 4.79 Å². The first-order chi connectivity index (χ1) is 17.2. The highest BCUT2D eigenvalue weighted by atomic mass is 16.1. The molecule has 2 aromatic carbocycles. The summed E-state index contributed by atoms with van der Waals surface area (Å²) in [5, 5.41) is 23.3. The molecule has 0 spiro atoms. The van der Waals surface area contributed by atoms with Crippen LogP contribution < -0.4 is 16.0 Å². The number of hydrogen-bond acceptors (Lipinski definition) is 7. The van der Waals surface area contributed by atoms with Crippen molar-refractivity contribution in [1.29, 1.82) is 5.26 Å². The first-order valence-corrected chi connectivity index (χ1v) is 11.5. The van der Waals surface area contributed by atoms with E-state index in [1.165, 1.54) is 6.33 Å². The number of rotatable bonds is 7. The zero-order valence-corrected chi connectivity index (χ0v) is 20.9. The molecule has 0 atom stereocenters. The number of carbonyl (C=O) groups is 1. The molecule has 0 saturated carbocycles. The van der Waals surface area contributed by atoms with Gasteiger partial charge in [0, 0.05) is 36.1 Å². The van der Waals surface area contributed by atoms with Crippen molar-refractivity contribution in [2.24, 2.45) is 0 Å². The molecule has 0 aliphatic rings. The van der Waals surface area contributed by atoms with Gasteiger partial charge in [-0.25, -0.2) is 9.97 Å². The SMILES string of the molecule is CNc1cc(-n2nc(C)cc2Nc2cc(C(=O)Nc3cccc(C(C)(C)C#N)c3)ccc2C)ncn1. The molecule has 1 amide bonds. The van der Waals surface area contributed by atoms with E-state index in [0.717, 1.165) is 22.5 Å². The summed E-state index contributed by atoms with van der Waals surface area (Å²) in [6.07, 6.45) is 1.48. The van der Waals surface area contributed by atoms with Crippen LogP contribution in [0.3, 0.4) is 0 Å². The van der Waals surface area contributed by atoms with E-state index in [1.807, 2.05) is 64.1 Å². The summed E-state index contributed by atoms with van der Waals surface area (Å²) >= 11 is 0. The van der Waals surface area contributed by atoms with Crippen LogP contribution in [0.25, 0.3) is 5.82 Å². The molecule has 4 rings (SSSR count). The first-order valence-electron chi connectivity index (χ1n) is 11.5. The maximum absolute atomic E-state index is 13.1. The Labute approximate surface area is 210 Å². The molecule has 0 unspecified atom stereocenters. The van der Waals surface area contributed by atoms with Crippen LogP contribution in [0.15, 0.2) is 60.9 Å². The third kappa shape index (κ3) is 5.18. The van der Waals surface area contributed by atoms with Gasteiger partial charge in [0.15, 0.2) is 5.82 Å². The van der Waals surface area contributed by atoms with Crippen LogP contribution in [0.4, 0.5) is 23.0 Å². The zero-order chi connectivity index (χ0) is 25.9. The highest BCUT2D eigenvalue weighted by molar-refractivity contribution is 6.05. The lowest BCUT2D eigenvalue weighted by molar-refractivity contribution is 0.102. The van der Waals surface area contributed by atoms with E-state index in [9.17, 15) is 10.1 Å². The summed E-state index contributed by atoms with van der Waals surface area (Å²) in [7, 11) is 1.79. The quantitative estimate of drug-likeness (QED) is 0.336. The van der Waals surface area contributed by atoms with Crippen molar-refractivity contribution in [3.63, 3.8) is 0 Å². The van der Waals surface area contributed by atoms with E-state index < -0.39 is 5.41 Å². The summed E-state index contributed by atoms with van der Waals surface area (Å²) < 4.78 is 1.70. The topological polar surface area (TPSA) is 121 Å². The lowest BCUT2D eigenvalue weighted by Gasteiger charge is -2.17. The molecule has 9 heteroatoms. The number of benzene rings is 2. The Morgan fingerprint density at radius 3 is 2.61 bits per heavy atom. The van der Waals surface area contributed by atoms with Crippen LogP contribution >= 0.6 is 0 Å². The van der Waals surface area contributed by atoms with Crippen molar-refractivity contribution in [2.45, 2.75) is 33.1 Å². The molecule has 2 heterocycles. The van der Waals surface area contributed by atoms with Crippen molar-refractivity contribution >= 4 is 28.9 Å². The lowest BCUT2D eigenvalue weighted by Crippen LogP contribution is -2.16. The fraction of sp³-hybridized carbons (Fsp3) is 0.222. The van der Waals surface area contributed by atoms with Crippen molar-refractivity contribution in [3.05, 3.63) is 83.3 Å². The fourth-order valence-electron chi connectivity index (χ4n) is 3.65. The maximum Gasteiger partial charge on any atom is 0.255 e. The highest BCUT2D eigenvalue weighted by Crippen LogP contribution is 2.27. The smallest absolute Gasteiger partial charge is 0.255 e. The number of hydrogen-bond donors (Lipinski definition) is 3. The van der Waals surface area contributed by atoms with Crippen LogP contribution in [-0.2, 0) is 5.41 Å². The van der Waals surface area contributed by atoms with E-state index in [0.29, 0.717) is 28.7 Å². The normalized spacial score (nSPS) is 11.0. The Balaban J connectivity index is 1.60. The van der Waals surface area contributed by atoms with Crippen molar-refractivity contribution in [2.75, 3.05) is 23.0 Å². The van der Waals surface area contributed by atoms with Gasteiger partial charge in [-0.1, -0.05) is 18.2 Å². The summed E-state index contributed by atoms with van der Waals surface area (Å²) in [6.45, 7) is 7.56. The molecule has 9 nitrogen and oxygen atoms in total. The number of carbonyl (C=O) groups excluding carboxylic acids is 1. The minimum absolute atomic E-state index is 0.246. The van der Waals surface area contributed by atoms with E-state index in [1.54, 1.807) is 29.9 Å². The second kappa shape index (κ2) is 9.88. The maximum atomic E-state index is 13.1. The molecule has 36 heavy (non-hydrogen) atoms. The minimum Gasteiger partial charge on any atom is -0.373 e. The van der Waals surface area contributed by atoms with Crippen molar-refractivity contribution in [3.8, 4) is 11.9 Å². The molecule has 0 bridgehead atoms. The van der Waals surface area contributed by atoms with Crippen LogP contribution in [-0.4, -0.2) is 32.7 Å². The van der Waals surface area contributed by atoms with Gasteiger partial charge in [-0.2, -0.15) is 15.0 Å². The third-order valence-corrected chi connectivity index (χ3v) is 5.84. The zero-order valence-electron chi connectivity index (χ0n) is 20.9. The Hall–Kier alpha value is -4.71. The van der Waals surface area contributed by atoms with Crippen LogP contribution in [0.5, 0.6) is 0 Å². The molecule has 182 valence electrons. The minimum atomic E-state index is -0.652. The molecule has 0 aliphatic heterocycles. The van der Waals surface area contributed by atoms with Crippen LogP contribution in [0.1, 0.15) is 41.0 Å². The van der Waals surface area contributed by atoms with E-state index in [4.69, 9.17) is 0 Å². The number of nitrogens with one attached hydrogen (secondary N) is 3. The molecule has 0 aliphatic carbocycles. The van der Waals surface area contributed by atoms with Gasteiger partial charge >= 0.3 is 0 Å². The van der Waals surface area contributed by atoms with Gasteiger partial charge in [-0.05, 0) is 63.1 Å². The molecule has 0 saturated heterocycles. The average molecular weight is 481 g/mol. The molecule has 0 fully saturated rings. The molecular formula is C27H28N8O. The summed E-state index contributed by atoms with van der Waals surface area (Å²) in [5.74, 6) is 1.75. The number of aromatic nitrogens is 4. The predicted molar refractivity (Wildman–Crippen MR) is 141 cm³/mol. The summed E-state index contributed by atoms with van der Waals surface area (Å²) in [6, 6.07) is 18.8. The van der Waals surface area contributed by atoms with E-state index in [-0.39, 0.29) is 5.91 Å². The molecule has 0 radical (unpaired) electrons. The Kier molecular flexibility index (Phi) is 6.70. The predicted octanol–water partition coefficient (Wildman–Crippen LogP) is 5.12. The third-order valence-electron chi connectivity index (χ3n) is 5.84. The van der Waals surface area contributed by atoms with Gasteiger partial charge in [-0.3, -0.25) is 4.79 Å². The van der Waals surface area contributed by atoms with Crippen molar-refractivity contribution in [1.82, 2.24) is 19.7 Å². The summed E-state index contributed by atoms with van der Waals surface area (Å²) in [4.78, 5) is 21.6. The van der Waals surface area contributed by atoms with Gasteiger partial charge < -0.3 is 16.0 Å². The van der Waals surface area contributed by atoms with E-state index in [2.05, 4.69) is 37.1 Å². The molecular weight excluding hydrogens is 452 g/mol. The Morgan fingerprint density at radius 2 is 1.86 bits per heavy atom. The monoisotopic (exact) mass is 480 g/mol. The Bertz CT molecular complexity index is 1460. The van der Waals surface area contributed by atoms with Gasteiger partial charge in [0.25, 0.3) is 5.91 Å². The molecule has 2 aromatic heterocycles. The van der Waals surface area contributed by atoms with Crippen LogP contribution in [0.2, 0.25) is 0 Å². The Morgan fingerprint density at radius 1 is 1.06 bits per heavy atom. The first kappa shape index (κ1) is 24.4. The van der Waals surface area contributed by atoms with Gasteiger partial charge in [0.1, 0.15) is 18.0 Å². The van der Waals surface area contributed by atoms with Gasteiger partial charge in [-0.15, -0.1) is 0 Å². The number of anilines is 4. The van der Waals surface area contributed by atoms with E-state index >= 15 is 0 Å². The second-order valence-electron chi connectivity index (χ2n) is 9.02. The molecule has 4 aromatic rings. The van der Waals surface area contributed by atoms with Gasteiger partial charge in [0.2, 0.25) is 0 Å². The average Bonchev–Trinajstić information content (AvgIpc) is 3.25. The fourth-order valence-corrected chi connectivity index (χ4v) is 3.65. The summed E-state index contributed by atoms with van der Waals surface area (Å²) in [5.41, 5.74) is 3.86. The standard InChI is InChI=1S/C27H28N8O/c1-17-9-10-19(26(36)32-21-8-6-7-20(13-21)27(3,4)15-28)12-22(17)33-25-11-18(2)34-35(25)24-14-23(29-5)30-16-31-24/h6-14,16,33H,1-5H3,(H,32,36)(H,29,30,31). The van der Waals surface area contributed by atoms with Crippen LogP contribution in [0, 0.1) is 25.2 Å². The molecule has 3 N–H and O–H groups in total.